The van der Waals surface area contributed by atoms with Crippen molar-refractivity contribution < 1.29 is 42.9 Å². The van der Waals surface area contributed by atoms with E-state index in [2.05, 4.69) is 10.2 Å². The zero-order chi connectivity index (χ0) is 29.5. The number of thioether (sulfide) groups is 1. The van der Waals surface area contributed by atoms with E-state index >= 15 is 0 Å². The Labute approximate surface area is 240 Å². The van der Waals surface area contributed by atoms with Crippen LogP contribution >= 0.6 is 11.8 Å². The molecule has 3 aromatic rings. The van der Waals surface area contributed by atoms with Crippen LogP contribution in [0.2, 0.25) is 0 Å². The molecule has 41 heavy (non-hydrogen) atoms. The lowest BCUT2D eigenvalue weighted by molar-refractivity contribution is -0.237. The van der Waals surface area contributed by atoms with Gasteiger partial charge in [-0.05, 0) is 23.9 Å². The molecule has 1 aliphatic heterocycles. The molecule has 1 aromatic heterocycles. The fraction of sp³-hybridized carbons (Fsp3) is 0.357. The lowest BCUT2D eigenvalue weighted by Gasteiger charge is -2.43. The molecule has 0 unspecified atom stereocenters. The molecule has 1 fully saturated rings. The van der Waals surface area contributed by atoms with Gasteiger partial charge in [0.25, 0.3) is 0 Å². The average Bonchev–Trinajstić information content (AvgIpc) is 3.34. The molecule has 0 aliphatic carbocycles. The molecule has 1 saturated heterocycles. The van der Waals surface area contributed by atoms with E-state index in [0.29, 0.717) is 11.0 Å². The second-order valence-corrected chi connectivity index (χ2v) is 10.1. The van der Waals surface area contributed by atoms with Gasteiger partial charge in [0, 0.05) is 38.9 Å². The van der Waals surface area contributed by atoms with Crippen LogP contribution in [-0.4, -0.2) is 75.1 Å². The van der Waals surface area contributed by atoms with Crippen LogP contribution in [0.5, 0.6) is 0 Å². The van der Waals surface area contributed by atoms with Crippen molar-refractivity contribution in [3.63, 3.8) is 0 Å². The number of esters is 4. The first kappa shape index (κ1) is 29.7. The molecule has 1 aliphatic rings. The number of carbonyl (C=O) groups is 4. The average molecular weight is 584 g/mol. The molecule has 0 amide bonds. The van der Waals surface area contributed by atoms with E-state index in [-0.39, 0.29) is 6.61 Å². The quantitative estimate of drug-likeness (QED) is 0.269. The van der Waals surface area contributed by atoms with Gasteiger partial charge in [-0.3, -0.25) is 23.7 Å². The highest BCUT2D eigenvalue weighted by Crippen LogP contribution is 2.39. The first-order valence-electron chi connectivity index (χ1n) is 12.7. The third-order valence-corrected chi connectivity index (χ3v) is 6.94. The highest BCUT2D eigenvalue weighted by molar-refractivity contribution is 7.99. The molecule has 5 atom stereocenters. The molecule has 0 bridgehead atoms. The summed E-state index contributed by atoms with van der Waals surface area (Å²) in [5, 5.41) is 9.20. The van der Waals surface area contributed by atoms with Gasteiger partial charge in [-0.2, -0.15) is 0 Å². The van der Waals surface area contributed by atoms with Crippen molar-refractivity contribution in [2.75, 3.05) is 6.61 Å². The maximum atomic E-state index is 12.2. The maximum absolute atomic E-state index is 12.2. The van der Waals surface area contributed by atoms with Crippen LogP contribution in [-0.2, 0) is 42.9 Å². The van der Waals surface area contributed by atoms with Crippen LogP contribution in [0, 0.1) is 0 Å². The van der Waals surface area contributed by atoms with E-state index in [9.17, 15) is 19.2 Å². The molecule has 2 aromatic carbocycles. The van der Waals surface area contributed by atoms with Gasteiger partial charge in [-0.15, -0.1) is 10.2 Å². The number of nitrogens with zero attached hydrogens (tertiary/aromatic N) is 3. The number of aromatic nitrogens is 3. The van der Waals surface area contributed by atoms with E-state index in [4.69, 9.17) is 23.7 Å². The number of benzene rings is 2. The number of hydrogen-bond acceptors (Lipinski definition) is 12. The van der Waals surface area contributed by atoms with Crippen LogP contribution in [0.25, 0.3) is 17.1 Å². The lowest BCUT2D eigenvalue weighted by Crippen LogP contribution is -2.61. The van der Waals surface area contributed by atoms with Gasteiger partial charge < -0.3 is 23.7 Å². The number of carbonyl (C=O) groups excluding carboxylic acids is 4. The molecule has 12 nitrogen and oxygen atoms in total. The van der Waals surface area contributed by atoms with Crippen molar-refractivity contribution in [3.05, 3.63) is 60.7 Å². The number of rotatable bonds is 9. The fourth-order valence-electron chi connectivity index (χ4n) is 4.32. The molecule has 0 spiro atoms. The molecular weight excluding hydrogens is 554 g/mol. The first-order valence-corrected chi connectivity index (χ1v) is 13.6. The molecule has 0 radical (unpaired) electrons. The van der Waals surface area contributed by atoms with Crippen molar-refractivity contribution in [3.8, 4) is 17.1 Å². The van der Waals surface area contributed by atoms with Crippen molar-refractivity contribution >= 4 is 35.6 Å². The summed E-state index contributed by atoms with van der Waals surface area (Å²) in [4.78, 5) is 48.0. The molecule has 216 valence electrons. The topological polar surface area (TPSA) is 145 Å². The smallest absolute Gasteiger partial charge is 0.303 e. The molecule has 0 saturated carbocycles. The first-order chi connectivity index (χ1) is 19.6. The van der Waals surface area contributed by atoms with Crippen molar-refractivity contribution in [2.45, 2.75) is 62.7 Å². The Morgan fingerprint density at radius 2 is 1.32 bits per heavy atom. The summed E-state index contributed by atoms with van der Waals surface area (Å²) >= 11 is 1.06. The van der Waals surface area contributed by atoms with Crippen molar-refractivity contribution in [2.24, 2.45) is 0 Å². The molecular formula is C28H29N3O9S. The van der Waals surface area contributed by atoms with Gasteiger partial charge in [0.05, 0.1) is 0 Å². The van der Waals surface area contributed by atoms with Gasteiger partial charge in [-0.25, -0.2) is 0 Å². The standard InChI is InChI=1S/C28H29N3O9S/c1-16(32)36-15-22-23(37-17(2)33)24(38-18(3)34)25(39-19(4)35)27(40-22)41-28-30-29-26(20-11-7-5-8-12-20)31(28)21-13-9-6-10-14-21/h5-14,22-25,27H,15H2,1-4H3/t22-,23+,24+,25-,27+/m1/s1. The normalized spacial score (nSPS) is 21.9. The van der Waals surface area contributed by atoms with E-state index in [1.165, 1.54) is 27.7 Å². The van der Waals surface area contributed by atoms with E-state index in [0.717, 1.165) is 23.0 Å². The van der Waals surface area contributed by atoms with Crippen LogP contribution in [0.1, 0.15) is 27.7 Å². The Morgan fingerprint density at radius 3 is 1.90 bits per heavy atom. The molecule has 4 rings (SSSR count). The number of ether oxygens (including phenoxy) is 5. The Kier molecular flexibility index (Phi) is 9.73. The monoisotopic (exact) mass is 583 g/mol. The number of hydrogen-bond donors (Lipinski definition) is 0. The fourth-order valence-corrected chi connectivity index (χ4v) is 5.45. The molecule has 2 heterocycles. The summed E-state index contributed by atoms with van der Waals surface area (Å²) in [5.41, 5.74) is 0.507. The van der Waals surface area contributed by atoms with Gasteiger partial charge in [0.15, 0.2) is 34.7 Å². The summed E-state index contributed by atoms with van der Waals surface area (Å²) in [6, 6.07) is 18.8. The Balaban J connectivity index is 1.79. The summed E-state index contributed by atoms with van der Waals surface area (Å²) in [7, 11) is 0. The Hall–Kier alpha value is -4.23. The van der Waals surface area contributed by atoms with Crippen LogP contribution < -0.4 is 0 Å². The zero-order valence-electron chi connectivity index (χ0n) is 22.8. The predicted molar refractivity (Wildman–Crippen MR) is 145 cm³/mol. The van der Waals surface area contributed by atoms with Gasteiger partial charge in [0.1, 0.15) is 12.7 Å². The minimum atomic E-state index is -1.28. The van der Waals surface area contributed by atoms with Gasteiger partial charge in [-0.1, -0.05) is 48.5 Å². The molecule has 13 heteroatoms. The Bertz CT molecular complexity index is 1380. The van der Waals surface area contributed by atoms with Gasteiger partial charge in [0.2, 0.25) is 0 Å². The summed E-state index contributed by atoms with van der Waals surface area (Å²) < 4.78 is 29.8. The zero-order valence-corrected chi connectivity index (χ0v) is 23.6. The highest BCUT2D eigenvalue weighted by Gasteiger charge is 2.53. The van der Waals surface area contributed by atoms with Crippen LogP contribution in [0.3, 0.4) is 0 Å². The molecule has 0 N–H and O–H groups in total. The second-order valence-electron chi connectivity index (χ2n) is 9.03. The summed E-state index contributed by atoms with van der Waals surface area (Å²) in [6.07, 6.45) is -4.84. The SMILES string of the molecule is CC(=O)OC[C@H]1O[C@@H](Sc2nnc(-c3ccccc3)n2-c2ccccc2)[C@H](OC(C)=O)[C@@H](OC(C)=O)[C@H]1OC(C)=O. The number of para-hydroxylation sites is 1. The largest absolute Gasteiger partial charge is 0.463 e. The van der Waals surface area contributed by atoms with Crippen molar-refractivity contribution in [1.29, 1.82) is 0 Å². The highest BCUT2D eigenvalue weighted by atomic mass is 32.2. The van der Waals surface area contributed by atoms with E-state index in [1.54, 1.807) is 0 Å². The minimum Gasteiger partial charge on any atom is -0.463 e. The van der Waals surface area contributed by atoms with Crippen LogP contribution in [0.15, 0.2) is 65.8 Å². The summed E-state index contributed by atoms with van der Waals surface area (Å²) in [6.45, 7) is 4.43. The van der Waals surface area contributed by atoms with Crippen LogP contribution in [0.4, 0.5) is 0 Å². The van der Waals surface area contributed by atoms with Gasteiger partial charge >= 0.3 is 23.9 Å². The third-order valence-electron chi connectivity index (χ3n) is 5.85. The second kappa shape index (κ2) is 13.4. The predicted octanol–water partition coefficient (Wildman–Crippen LogP) is 3.11. The maximum Gasteiger partial charge on any atom is 0.303 e. The van der Waals surface area contributed by atoms with E-state index in [1.807, 2.05) is 65.2 Å². The van der Waals surface area contributed by atoms with E-state index < -0.39 is 53.7 Å². The summed E-state index contributed by atoms with van der Waals surface area (Å²) in [5.74, 6) is -2.14. The minimum absolute atomic E-state index is 0.324. The third kappa shape index (κ3) is 7.50. The van der Waals surface area contributed by atoms with Crippen molar-refractivity contribution in [1.82, 2.24) is 14.8 Å². The Morgan fingerprint density at radius 1 is 0.756 bits per heavy atom. The lowest BCUT2D eigenvalue weighted by atomic mass is 9.99.